The smallest absolute Gasteiger partial charge is 0.291 e. The molecular formula is C20H16N2O4. The van der Waals surface area contributed by atoms with E-state index < -0.39 is 11.8 Å². The minimum atomic E-state index is -0.539. The molecule has 0 fully saturated rings. The summed E-state index contributed by atoms with van der Waals surface area (Å²) in [6, 6.07) is 18.2. The number of phenols is 1. The SMILES string of the molecule is O=C(Nc1ccccc1)/C(=C\c1ccc(O)cc1)NC(=O)c1ccco1. The minimum Gasteiger partial charge on any atom is -0.508 e. The van der Waals surface area contributed by atoms with Crippen LogP contribution < -0.4 is 10.6 Å². The molecule has 3 N–H and O–H groups in total. The van der Waals surface area contributed by atoms with Crippen LogP contribution in [0.5, 0.6) is 5.75 Å². The normalized spacial score (nSPS) is 11.0. The van der Waals surface area contributed by atoms with Gasteiger partial charge in [-0.2, -0.15) is 0 Å². The van der Waals surface area contributed by atoms with Crippen LogP contribution in [-0.4, -0.2) is 16.9 Å². The van der Waals surface area contributed by atoms with Gasteiger partial charge in [0.1, 0.15) is 11.4 Å². The molecule has 2 aromatic carbocycles. The number of para-hydroxylation sites is 1. The van der Waals surface area contributed by atoms with E-state index in [0.717, 1.165) is 0 Å². The van der Waals surface area contributed by atoms with E-state index in [4.69, 9.17) is 4.42 Å². The van der Waals surface area contributed by atoms with Gasteiger partial charge in [-0.15, -0.1) is 0 Å². The highest BCUT2D eigenvalue weighted by molar-refractivity contribution is 6.10. The Morgan fingerprint density at radius 2 is 1.65 bits per heavy atom. The van der Waals surface area contributed by atoms with Gasteiger partial charge in [-0.1, -0.05) is 30.3 Å². The fraction of sp³-hybridized carbons (Fsp3) is 0. The molecule has 0 aliphatic rings. The summed E-state index contributed by atoms with van der Waals surface area (Å²) in [5.41, 5.74) is 1.28. The van der Waals surface area contributed by atoms with E-state index in [1.807, 2.05) is 6.07 Å². The Kier molecular flexibility index (Phi) is 5.14. The molecule has 3 aromatic rings. The van der Waals surface area contributed by atoms with Crippen LogP contribution >= 0.6 is 0 Å². The Bertz CT molecular complexity index is 914. The third-order valence-electron chi connectivity index (χ3n) is 3.47. The van der Waals surface area contributed by atoms with Crippen LogP contribution in [0.1, 0.15) is 16.1 Å². The van der Waals surface area contributed by atoms with Crippen LogP contribution in [0.25, 0.3) is 6.08 Å². The fourth-order valence-corrected chi connectivity index (χ4v) is 2.21. The summed E-state index contributed by atoms with van der Waals surface area (Å²) in [6.45, 7) is 0. The highest BCUT2D eigenvalue weighted by Crippen LogP contribution is 2.14. The van der Waals surface area contributed by atoms with Crippen LogP contribution in [0.2, 0.25) is 0 Å². The number of hydrogen-bond donors (Lipinski definition) is 3. The molecule has 0 unspecified atom stereocenters. The molecule has 130 valence electrons. The lowest BCUT2D eigenvalue weighted by Crippen LogP contribution is -2.30. The minimum absolute atomic E-state index is 0.0425. The van der Waals surface area contributed by atoms with Gasteiger partial charge in [0.2, 0.25) is 0 Å². The lowest BCUT2D eigenvalue weighted by Gasteiger charge is -2.10. The number of anilines is 1. The summed E-state index contributed by atoms with van der Waals surface area (Å²) in [6.07, 6.45) is 2.89. The molecule has 6 nitrogen and oxygen atoms in total. The number of aromatic hydroxyl groups is 1. The standard InChI is InChI=1S/C20H16N2O4/c23-16-10-8-14(9-11-16)13-17(22-20(25)18-7-4-12-26-18)19(24)21-15-5-2-1-3-6-15/h1-13,23H,(H,21,24)(H,22,25)/b17-13+. The van der Waals surface area contributed by atoms with Crippen molar-refractivity contribution in [1.29, 1.82) is 0 Å². The predicted octanol–water partition coefficient (Wildman–Crippen LogP) is 3.39. The highest BCUT2D eigenvalue weighted by atomic mass is 16.3. The second kappa shape index (κ2) is 7.85. The summed E-state index contributed by atoms with van der Waals surface area (Å²) < 4.78 is 5.06. The Morgan fingerprint density at radius 3 is 2.31 bits per heavy atom. The summed E-state index contributed by atoms with van der Waals surface area (Å²) in [5, 5.41) is 14.7. The third kappa shape index (κ3) is 4.39. The average Bonchev–Trinajstić information content (AvgIpc) is 3.18. The molecule has 1 aromatic heterocycles. The predicted molar refractivity (Wildman–Crippen MR) is 97.3 cm³/mol. The lowest BCUT2D eigenvalue weighted by atomic mass is 10.1. The number of amides is 2. The van der Waals surface area contributed by atoms with Gasteiger partial charge in [0, 0.05) is 5.69 Å². The Balaban J connectivity index is 1.86. The summed E-state index contributed by atoms with van der Waals surface area (Å²) in [4.78, 5) is 24.9. The molecule has 0 bridgehead atoms. The Labute approximate surface area is 149 Å². The van der Waals surface area contributed by atoms with E-state index in [-0.39, 0.29) is 17.2 Å². The first-order chi connectivity index (χ1) is 12.6. The quantitative estimate of drug-likeness (QED) is 0.616. The molecule has 0 spiro atoms. The maximum atomic E-state index is 12.6. The number of nitrogens with one attached hydrogen (secondary N) is 2. The van der Waals surface area contributed by atoms with Crippen LogP contribution in [0.15, 0.2) is 83.1 Å². The second-order valence-corrected chi connectivity index (χ2v) is 5.40. The molecule has 0 saturated heterocycles. The van der Waals surface area contributed by atoms with Gasteiger partial charge in [-0.3, -0.25) is 9.59 Å². The van der Waals surface area contributed by atoms with Gasteiger partial charge in [-0.25, -0.2) is 0 Å². The summed E-state index contributed by atoms with van der Waals surface area (Å²) in [5.74, 6) is -0.821. The number of phenolic OH excluding ortho intramolecular Hbond substituents is 1. The van der Waals surface area contributed by atoms with Gasteiger partial charge < -0.3 is 20.2 Å². The molecule has 26 heavy (non-hydrogen) atoms. The molecule has 1 heterocycles. The van der Waals surface area contributed by atoms with Crippen LogP contribution in [0, 0.1) is 0 Å². The lowest BCUT2D eigenvalue weighted by molar-refractivity contribution is -0.113. The number of carbonyl (C=O) groups excluding carboxylic acids is 2. The van der Waals surface area contributed by atoms with Crippen molar-refractivity contribution in [3.8, 4) is 5.75 Å². The van der Waals surface area contributed by atoms with E-state index in [1.54, 1.807) is 42.5 Å². The second-order valence-electron chi connectivity index (χ2n) is 5.40. The molecular weight excluding hydrogens is 332 g/mol. The van der Waals surface area contributed by atoms with Crippen LogP contribution in [-0.2, 0) is 4.79 Å². The number of rotatable bonds is 5. The van der Waals surface area contributed by atoms with Crippen LogP contribution in [0.3, 0.4) is 0 Å². The molecule has 0 atom stereocenters. The maximum absolute atomic E-state index is 12.6. The zero-order chi connectivity index (χ0) is 18.4. The van der Waals surface area contributed by atoms with Gasteiger partial charge in [-0.05, 0) is 48.0 Å². The van der Waals surface area contributed by atoms with E-state index in [1.165, 1.54) is 30.5 Å². The van der Waals surface area contributed by atoms with Crippen molar-refractivity contribution < 1.29 is 19.1 Å². The molecule has 0 aliphatic carbocycles. The number of hydrogen-bond acceptors (Lipinski definition) is 4. The Morgan fingerprint density at radius 1 is 0.923 bits per heavy atom. The van der Waals surface area contributed by atoms with Crippen molar-refractivity contribution in [3.05, 3.63) is 90.0 Å². The molecule has 0 radical (unpaired) electrons. The van der Waals surface area contributed by atoms with Crippen molar-refractivity contribution in [1.82, 2.24) is 5.32 Å². The Hall–Kier alpha value is -3.80. The largest absolute Gasteiger partial charge is 0.508 e. The fourth-order valence-electron chi connectivity index (χ4n) is 2.21. The maximum Gasteiger partial charge on any atom is 0.291 e. The van der Waals surface area contributed by atoms with Gasteiger partial charge in [0.05, 0.1) is 6.26 Å². The van der Waals surface area contributed by atoms with E-state index in [0.29, 0.717) is 11.3 Å². The monoisotopic (exact) mass is 348 g/mol. The van der Waals surface area contributed by atoms with Crippen molar-refractivity contribution in [2.45, 2.75) is 0 Å². The van der Waals surface area contributed by atoms with E-state index >= 15 is 0 Å². The topological polar surface area (TPSA) is 91.6 Å². The number of benzene rings is 2. The van der Waals surface area contributed by atoms with Gasteiger partial charge in [0.15, 0.2) is 5.76 Å². The first-order valence-electron chi connectivity index (χ1n) is 7.84. The molecule has 6 heteroatoms. The first kappa shape index (κ1) is 17.0. The third-order valence-corrected chi connectivity index (χ3v) is 3.47. The molecule has 0 aliphatic heterocycles. The highest BCUT2D eigenvalue weighted by Gasteiger charge is 2.16. The zero-order valence-electron chi connectivity index (χ0n) is 13.7. The van der Waals surface area contributed by atoms with Crippen LogP contribution in [0.4, 0.5) is 5.69 Å². The molecule has 2 amide bonds. The number of furan rings is 1. The summed E-state index contributed by atoms with van der Waals surface area (Å²) in [7, 11) is 0. The van der Waals surface area contributed by atoms with Gasteiger partial charge >= 0.3 is 0 Å². The average molecular weight is 348 g/mol. The molecule has 0 saturated carbocycles. The first-order valence-corrected chi connectivity index (χ1v) is 7.84. The number of carbonyl (C=O) groups is 2. The van der Waals surface area contributed by atoms with Crippen molar-refractivity contribution in [2.24, 2.45) is 0 Å². The zero-order valence-corrected chi connectivity index (χ0v) is 13.7. The van der Waals surface area contributed by atoms with Crippen molar-refractivity contribution in [3.63, 3.8) is 0 Å². The van der Waals surface area contributed by atoms with Crippen molar-refractivity contribution >= 4 is 23.6 Å². The molecule has 3 rings (SSSR count). The van der Waals surface area contributed by atoms with Gasteiger partial charge in [0.25, 0.3) is 11.8 Å². The van der Waals surface area contributed by atoms with E-state index in [9.17, 15) is 14.7 Å². The van der Waals surface area contributed by atoms with Crippen molar-refractivity contribution in [2.75, 3.05) is 5.32 Å². The van der Waals surface area contributed by atoms with E-state index in [2.05, 4.69) is 10.6 Å². The summed E-state index contributed by atoms with van der Waals surface area (Å²) >= 11 is 0.